The first-order chi connectivity index (χ1) is 6.43. The Morgan fingerprint density at radius 3 is 2.64 bits per heavy atom. The van der Waals surface area contributed by atoms with Crippen molar-refractivity contribution in [2.45, 2.75) is 6.43 Å². The maximum atomic E-state index is 12.4. The van der Waals surface area contributed by atoms with Crippen LogP contribution < -0.4 is 0 Å². The van der Waals surface area contributed by atoms with Crippen molar-refractivity contribution in [3.63, 3.8) is 0 Å². The maximum Gasteiger partial charge on any atom is 0.281 e. The molecule has 0 radical (unpaired) electrons. The van der Waals surface area contributed by atoms with Gasteiger partial charge in [-0.15, -0.1) is 0 Å². The first-order valence-corrected chi connectivity index (χ1v) is 5.52. The van der Waals surface area contributed by atoms with Crippen LogP contribution in [0.1, 0.15) is 22.5 Å². The van der Waals surface area contributed by atoms with Crippen LogP contribution in [-0.2, 0) is 0 Å². The van der Waals surface area contributed by atoms with Crippen LogP contribution in [0, 0.1) is 3.57 Å². The lowest BCUT2D eigenvalue weighted by Crippen LogP contribution is -2.02. The Labute approximate surface area is 105 Å². The zero-order chi connectivity index (χ0) is 10.9. The minimum atomic E-state index is -2.73. The third-order valence-electron chi connectivity index (χ3n) is 1.37. The molecule has 0 saturated heterocycles. The Morgan fingerprint density at radius 2 is 2.21 bits per heavy atom. The predicted molar refractivity (Wildman–Crippen MR) is 59.8 cm³/mol. The van der Waals surface area contributed by atoms with Gasteiger partial charge in [0.2, 0.25) is 0 Å². The lowest BCUT2D eigenvalue weighted by atomic mass is 10.2. The molecule has 0 spiro atoms. The lowest BCUT2D eigenvalue weighted by Gasteiger charge is -2.06. The van der Waals surface area contributed by atoms with E-state index in [2.05, 4.69) is 20.9 Å². The molecule has 2 nitrogen and oxygen atoms in total. The van der Waals surface area contributed by atoms with Gasteiger partial charge in [0, 0.05) is 0 Å². The first-order valence-electron chi connectivity index (χ1n) is 3.27. The largest absolute Gasteiger partial charge is 0.281 e. The van der Waals surface area contributed by atoms with E-state index in [9.17, 15) is 13.6 Å². The van der Waals surface area contributed by atoms with Gasteiger partial charge in [0.25, 0.3) is 11.7 Å². The Morgan fingerprint density at radius 1 is 1.64 bits per heavy atom. The summed E-state index contributed by atoms with van der Waals surface area (Å²) in [4.78, 5) is 14.4. The van der Waals surface area contributed by atoms with Crippen LogP contribution in [0.2, 0.25) is 0 Å². The molecule has 1 heterocycles. The summed E-state index contributed by atoms with van der Waals surface area (Å²) in [5.41, 5.74) is -0.409. The minimum Gasteiger partial charge on any atom is -0.276 e. The summed E-state index contributed by atoms with van der Waals surface area (Å²) in [6, 6.07) is 1.31. The fourth-order valence-electron chi connectivity index (χ4n) is 0.804. The summed E-state index contributed by atoms with van der Waals surface area (Å²) in [5.74, 6) is 0. The number of rotatable bonds is 2. The summed E-state index contributed by atoms with van der Waals surface area (Å²) < 4.78 is 25.1. The van der Waals surface area contributed by atoms with E-state index in [1.165, 1.54) is 6.07 Å². The number of carbonyl (C=O) groups excluding carboxylic acids is 1. The van der Waals surface area contributed by atoms with E-state index >= 15 is 0 Å². The molecule has 0 unspecified atom stereocenters. The molecule has 0 aromatic carbocycles. The van der Waals surface area contributed by atoms with Crippen LogP contribution in [-0.4, -0.2) is 10.2 Å². The highest BCUT2D eigenvalue weighted by Crippen LogP contribution is 2.28. The SMILES string of the molecule is O=C(Cl)c1cc(Br)nc(C(F)F)c1I. The lowest BCUT2D eigenvalue weighted by molar-refractivity contribution is 0.107. The van der Waals surface area contributed by atoms with Crippen LogP contribution in [0.15, 0.2) is 10.7 Å². The molecule has 0 aliphatic heterocycles. The van der Waals surface area contributed by atoms with Gasteiger partial charge in [0.1, 0.15) is 10.3 Å². The molecule has 76 valence electrons. The average molecular weight is 396 g/mol. The van der Waals surface area contributed by atoms with Gasteiger partial charge in [-0.1, -0.05) is 0 Å². The molecular weight excluding hydrogens is 394 g/mol. The van der Waals surface area contributed by atoms with E-state index < -0.39 is 17.4 Å². The smallest absolute Gasteiger partial charge is 0.276 e. The Bertz CT molecular complexity index is 388. The summed E-state index contributed by atoms with van der Waals surface area (Å²) in [7, 11) is 0. The van der Waals surface area contributed by atoms with Gasteiger partial charge in [-0.05, 0) is 56.2 Å². The summed E-state index contributed by atoms with van der Waals surface area (Å²) >= 11 is 9.76. The number of halogens is 5. The molecule has 0 aliphatic carbocycles. The van der Waals surface area contributed by atoms with Gasteiger partial charge in [-0.3, -0.25) is 4.79 Å². The maximum absolute atomic E-state index is 12.4. The van der Waals surface area contributed by atoms with E-state index in [-0.39, 0.29) is 13.7 Å². The highest BCUT2D eigenvalue weighted by Gasteiger charge is 2.20. The molecule has 0 saturated carbocycles. The van der Waals surface area contributed by atoms with E-state index in [0.717, 1.165) is 0 Å². The van der Waals surface area contributed by atoms with Gasteiger partial charge in [-0.25, -0.2) is 13.8 Å². The molecule has 14 heavy (non-hydrogen) atoms. The van der Waals surface area contributed by atoms with Gasteiger partial charge in [-0.2, -0.15) is 0 Å². The highest BCUT2D eigenvalue weighted by atomic mass is 127. The van der Waals surface area contributed by atoms with Crippen LogP contribution in [0.4, 0.5) is 8.78 Å². The van der Waals surface area contributed by atoms with E-state index in [1.807, 2.05) is 0 Å². The standard InChI is InChI=1S/C7H2BrClF2INO/c8-3-1-2(6(9)14)4(12)5(13-3)7(10)11/h1,7H. The molecule has 1 aromatic rings. The molecule has 0 N–H and O–H groups in total. The molecule has 0 atom stereocenters. The fourth-order valence-corrected chi connectivity index (χ4v) is 2.29. The van der Waals surface area contributed by atoms with E-state index in [0.29, 0.717) is 0 Å². The van der Waals surface area contributed by atoms with Crippen molar-refractivity contribution >= 4 is 55.4 Å². The fraction of sp³-hybridized carbons (Fsp3) is 0.143. The van der Waals surface area contributed by atoms with Crippen LogP contribution in [0.25, 0.3) is 0 Å². The van der Waals surface area contributed by atoms with Crippen LogP contribution in [0.5, 0.6) is 0 Å². The second-order valence-corrected chi connectivity index (χ2v) is 4.50. The number of aromatic nitrogens is 1. The van der Waals surface area contributed by atoms with Gasteiger partial charge < -0.3 is 0 Å². The number of hydrogen-bond acceptors (Lipinski definition) is 2. The van der Waals surface area contributed by atoms with Crippen LogP contribution >= 0.6 is 50.1 Å². The highest BCUT2D eigenvalue weighted by molar-refractivity contribution is 14.1. The second-order valence-electron chi connectivity index (χ2n) is 2.27. The summed E-state index contributed by atoms with van der Waals surface area (Å²) in [6.07, 6.45) is -2.73. The molecule has 0 fully saturated rings. The predicted octanol–water partition coefficient (Wildman–Crippen LogP) is 3.77. The monoisotopic (exact) mass is 395 g/mol. The van der Waals surface area contributed by atoms with Crippen molar-refractivity contribution in [2.75, 3.05) is 0 Å². The number of pyridine rings is 1. The van der Waals surface area contributed by atoms with Gasteiger partial charge in [0.05, 0.1) is 9.13 Å². The normalized spacial score (nSPS) is 10.7. The van der Waals surface area contributed by atoms with E-state index in [4.69, 9.17) is 11.6 Å². The number of alkyl halides is 2. The first kappa shape index (κ1) is 12.3. The molecule has 7 heteroatoms. The Kier molecular flexibility index (Phi) is 4.20. The number of nitrogens with zero attached hydrogens (tertiary/aromatic N) is 1. The second kappa shape index (κ2) is 4.80. The topological polar surface area (TPSA) is 30.0 Å². The van der Waals surface area contributed by atoms with Crippen molar-refractivity contribution in [1.82, 2.24) is 4.98 Å². The average Bonchev–Trinajstić information content (AvgIpc) is 2.07. The molecule has 1 rings (SSSR count). The molecule has 0 aliphatic rings. The Balaban J connectivity index is 3.40. The third-order valence-corrected chi connectivity index (χ3v) is 3.11. The zero-order valence-corrected chi connectivity index (χ0v) is 10.9. The van der Waals surface area contributed by atoms with E-state index in [1.54, 1.807) is 22.6 Å². The van der Waals surface area contributed by atoms with Gasteiger partial charge in [0.15, 0.2) is 0 Å². The Hall–Kier alpha value is 0.180. The summed E-state index contributed by atoms with van der Waals surface area (Å²) in [5, 5.41) is -0.778. The molecule has 0 bridgehead atoms. The minimum absolute atomic E-state index is 0.0319. The third kappa shape index (κ3) is 2.60. The summed E-state index contributed by atoms with van der Waals surface area (Å²) in [6.45, 7) is 0. The van der Waals surface area contributed by atoms with Crippen molar-refractivity contribution in [3.8, 4) is 0 Å². The van der Waals surface area contributed by atoms with Crippen molar-refractivity contribution in [3.05, 3.63) is 25.5 Å². The molecular formula is C7H2BrClF2INO. The molecule has 0 amide bonds. The zero-order valence-electron chi connectivity index (χ0n) is 6.40. The number of carbonyl (C=O) groups is 1. The van der Waals surface area contributed by atoms with Crippen molar-refractivity contribution in [1.29, 1.82) is 0 Å². The molecule has 1 aromatic heterocycles. The van der Waals surface area contributed by atoms with Gasteiger partial charge >= 0.3 is 0 Å². The van der Waals surface area contributed by atoms with Crippen molar-refractivity contribution < 1.29 is 13.6 Å². The quantitative estimate of drug-likeness (QED) is 0.433. The van der Waals surface area contributed by atoms with Crippen LogP contribution in [0.3, 0.4) is 0 Å². The van der Waals surface area contributed by atoms with Crippen molar-refractivity contribution in [2.24, 2.45) is 0 Å². The number of hydrogen-bond donors (Lipinski definition) is 0.